The average Bonchev–Trinajstić information content (AvgIpc) is 2.80. The second-order valence-corrected chi connectivity index (χ2v) is 7.97. The number of anilines is 2. The highest BCUT2D eigenvalue weighted by Gasteiger charge is 2.24. The number of carbonyl (C=O) groups excluding carboxylic acids is 2. The van der Waals surface area contributed by atoms with Crippen molar-refractivity contribution in [2.75, 3.05) is 49.5 Å². The van der Waals surface area contributed by atoms with Crippen molar-refractivity contribution in [1.29, 1.82) is 0 Å². The molecule has 1 aromatic heterocycles. The Bertz CT molecular complexity index is 897. The molecule has 1 aliphatic heterocycles. The molecule has 1 aromatic carbocycles. The molecule has 2 N–H and O–H groups in total. The number of nitrogens with one attached hydrogen (secondary N) is 2. The molecular formula is C23H30ClN5O2. The van der Waals surface area contributed by atoms with E-state index in [0.29, 0.717) is 40.7 Å². The molecule has 8 heteroatoms. The van der Waals surface area contributed by atoms with Gasteiger partial charge in [0.05, 0.1) is 17.4 Å². The predicted octanol–water partition coefficient (Wildman–Crippen LogP) is 3.66. The zero-order chi connectivity index (χ0) is 22.2. The summed E-state index contributed by atoms with van der Waals surface area (Å²) in [6.45, 7) is 8.68. The first kappa shape index (κ1) is 23.0. The third-order valence-electron chi connectivity index (χ3n) is 5.33. The molecular weight excluding hydrogens is 414 g/mol. The molecule has 0 radical (unpaired) electrons. The van der Waals surface area contributed by atoms with Crippen LogP contribution in [0.2, 0.25) is 5.02 Å². The fourth-order valence-electron chi connectivity index (χ4n) is 3.54. The molecule has 7 nitrogen and oxygen atoms in total. The Kier molecular flexibility index (Phi) is 8.26. The van der Waals surface area contributed by atoms with Crippen LogP contribution in [0.15, 0.2) is 36.5 Å². The summed E-state index contributed by atoms with van der Waals surface area (Å²) in [6, 6.07) is 8.41. The first-order chi connectivity index (χ1) is 15.0. The molecule has 0 saturated carbocycles. The van der Waals surface area contributed by atoms with Crippen LogP contribution in [0.5, 0.6) is 0 Å². The molecule has 1 fully saturated rings. The smallest absolute Gasteiger partial charge is 0.257 e. The van der Waals surface area contributed by atoms with Crippen molar-refractivity contribution < 1.29 is 9.59 Å². The van der Waals surface area contributed by atoms with E-state index < -0.39 is 0 Å². The Morgan fingerprint density at radius 1 is 1.19 bits per heavy atom. The third kappa shape index (κ3) is 5.95. The van der Waals surface area contributed by atoms with Crippen LogP contribution in [0.25, 0.3) is 0 Å². The van der Waals surface area contributed by atoms with Crippen LogP contribution in [0.4, 0.5) is 11.5 Å². The Hall–Kier alpha value is -2.64. The maximum atomic E-state index is 13.4. The molecule has 0 bridgehead atoms. The van der Waals surface area contributed by atoms with Crippen molar-refractivity contribution in [3.05, 3.63) is 52.7 Å². The third-order valence-corrected chi connectivity index (χ3v) is 5.58. The van der Waals surface area contributed by atoms with Gasteiger partial charge >= 0.3 is 0 Å². The van der Waals surface area contributed by atoms with Gasteiger partial charge in [-0.2, -0.15) is 0 Å². The van der Waals surface area contributed by atoms with Gasteiger partial charge in [-0.25, -0.2) is 4.98 Å². The van der Waals surface area contributed by atoms with Gasteiger partial charge in [-0.3, -0.25) is 9.59 Å². The number of hydrogen-bond donors (Lipinski definition) is 2. The van der Waals surface area contributed by atoms with Crippen molar-refractivity contribution in [2.24, 2.45) is 0 Å². The summed E-state index contributed by atoms with van der Waals surface area (Å²) >= 11 is 5.91. The number of halogens is 1. The number of aromatic nitrogens is 1. The van der Waals surface area contributed by atoms with Crippen molar-refractivity contribution in [3.8, 4) is 0 Å². The zero-order valence-electron chi connectivity index (χ0n) is 18.2. The van der Waals surface area contributed by atoms with Gasteiger partial charge in [-0.1, -0.05) is 24.9 Å². The lowest BCUT2D eigenvalue weighted by Gasteiger charge is -2.31. The quantitative estimate of drug-likeness (QED) is 0.651. The van der Waals surface area contributed by atoms with Gasteiger partial charge in [0, 0.05) is 49.9 Å². The SMILES string of the molecule is CCCCN(CC)C(=O)c1cc(NC(=O)c2ccc(Cl)cc2)cnc1N1CCNCC1. The van der Waals surface area contributed by atoms with Crippen LogP contribution >= 0.6 is 11.6 Å². The molecule has 0 atom stereocenters. The van der Waals surface area contributed by atoms with Gasteiger partial charge in [0.25, 0.3) is 11.8 Å². The van der Waals surface area contributed by atoms with Crippen molar-refractivity contribution in [2.45, 2.75) is 26.7 Å². The maximum Gasteiger partial charge on any atom is 0.257 e. The number of carbonyl (C=O) groups is 2. The molecule has 31 heavy (non-hydrogen) atoms. The van der Waals surface area contributed by atoms with E-state index in [1.54, 1.807) is 36.5 Å². The summed E-state index contributed by atoms with van der Waals surface area (Å²) in [7, 11) is 0. The number of piperazine rings is 1. The second-order valence-electron chi connectivity index (χ2n) is 7.53. The lowest BCUT2D eigenvalue weighted by molar-refractivity contribution is 0.0762. The van der Waals surface area contributed by atoms with Crippen LogP contribution in [-0.4, -0.2) is 61.0 Å². The van der Waals surface area contributed by atoms with E-state index >= 15 is 0 Å². The largest absolute Gasteiger partial charge is 0.353 e. The molecule has 0 spiro atoms. The Morgan fingerprint density at radius 2 is 1.90 bits per heavy atom. The molecule has 3 rings (SSSR count). The van der Waals surface area contributed by atoms with Crippen LogP contribution < -0.4 is 15.5 Å². The van der Waals surface area contributed by atoms with E-state index in [9.17, 15) is 9.59 Å². The minimum absolute atomic E-state index is 0.0559. The topological polar surface area (TPSA) is 77.6 Å². The summed E-state index contributed by atoms with van der Waals surface area (Å²) in [5.74, 6) is 0.343. The Labute approximate surface area is 188 Å². The summed E-state index contributed by atoms with van der Waals surface area (Å²) in [5, 5.41) is 6.75. The first-order valence-corrected chi connectivity index (χ1v) is 11.2. The van der Waals surface area contributed by atoms with E-state index in [2.05, 4.69) is 27.4 Å². The maximum absolute atomic E-state index is 13.4. The standard InChI is InChI=1S/C23H30ClN5O2/c1-3-5-12-28(4-2)23(31)20-15-19(16-26-21(20)29-13-10-25-11-14-29)27-22(30)17-6-8-18(24)9-7-17/h6-9,15-16,25H,3-5,10-14H2,1-2H3,(H,27,30). The van der Waals surface area contributed by atoms with E-state index in [-0.39, 0.29) is 11.8 Å². The molecule has 1 saturated heterocycles. The summed E-state index contributed by atoms with van der Waals surface area (Å²) < 4.78 is 0. The Balaban J connectivity index is 1.89. The fourth-order valence-corrected chi connectivity index (χ4v) is 3.67. The number of nitrogens with zero attached hydrogens (tertiary/aromatic N) is 3. The Morgan fingerprint density at radius 3 is 2.55 bits per heavy atom. The van der Waals surface area contributed by atoms with Gasteiger partial charge in [-0.15, -0.1) is 0 Å². The van der Waals surface area contributed by atoms with Crippen molar-refractivity contribution in [3.63, 3.8) is 0 Å². The second kappa shape index (κ2) is 11.1. The monoisotopic (exact) mass is 443 g/mol. The summed E-state index contributed by atoms with van der Waals surface area (Å²) in [5.41, 5.74) is 1.50. The fraction of sp³-hybridized carbons (Fsp3) is 0.435. The highest BCUT2D eigenvalue weighted by molar-refractivity contribution is 6.30. The summed E-state index contributed by atoms with van der Waals surface area (Å²) in [6.07, 6.45) is 3.58. The van der Waals surface area contributed by atoms with Crippen LogP contribution in [0.3, 0.4) is 0 Å². The number of rotatable bonds is 8. The highest BCUT2D eigenvalue weighted by Crippen LogP contribution is 2.24. The molecule has 2 amide bonds. The van der Waals surface area contributed by atoms with Gasteiger partial charge in [0.1, 0.15) is 5.82 Å². The van der Waals surface area contributed by atoms with E-state index in [0.717, 1.165) is 39.0 Å². The first-order valence-electron chi connectivity index (χ1n) is 10.8. The van der Waals surface area contributed by atoms with Gasteiger partial charge in [-0.05, 0) is 43.7 Å². The minimum atomic E-state index is -0.273. The molecule has 0 aliphatic carbocycles. The molecule has 166 valence electrons. The lowest BCUT2D eigenvalue weighted by Crippen LogP contribution is -2.45. The van der Waals surface area contributed by atoms with Gasteiger partial charge in [0.2, 0.25) is 0 Å². The zero-order valence-corrected chi connectivity index (χ0v) is 18.9. The number of pyridine rings is 1. The lowest BCUT2D eigenvalue weighted by atomic mass is 10.1. The van der Waals surface area contributed by atoms with Crippen molar-refractivity contribution >= 4 is 34.9 Å². The van der Waals surface area contributed by atoms with Crippen LogP contribution in [0, 0.1) is 0 Å². The number of amides is 2. The van der Waals surface area contributed by atoms with Crippen LogP contribution in [-0.2, 0) is 0 Å². The van der Waals surface area contributed by atoms with E-state index in [4.69, 9.17) is 11.6 Å². The van der Waals surface area contributed by atoms with Gasteiger partial charge in [0.15, 0.2) is 0 Å². The minimum Gasteiger partial charge on any atom is -0.353 e. The molecule has 1 aliphatic rings. The summed E-state index contributed by atoms with van der Waals surface area (Å²) in [4.78, 5) is 34.6. The van der Waals surface area contributed by atoms with Crippen LogP contribution in [0.1, 0.15) is 47.4 Å². The predicted molar refractivity (Wildman–Crippen MR) is 125 cm³/mol. The molecule has 2 aromatic rings. The number of unbranched alkanes of at least 4 members (excludes halogenated alkanes) is 1. The van der Waals surface area contributed by atoms with E-state index in [1.807, 2.05) is 11.8 Å². The average molecular weight is 444 g/mol. The molecule has 2 heterocycles. The number of hydrogen-bond acceptors (Lipinski definition) is 5. The number of benzene rings is 1. The highest BCUT2D eigenvalue weighted by atomic mass is 35.5. The van der Waals surface area contributed by atoms with Crippen molar-refractivity contribution in [1.82, 2.24) is 15.2 Å². The van der Waals surface area contributed by atoms with E-state index in [1.165, 1.54) is 0 Å². The van der Waals surface area contributed by atoms with Gasteiger partial charge < -0.3 is 20.4 Å². The molecule has 0 unspecified atom stereocenters. The normalized spacial score (nSPS) is 13.7.